The van der Waals surface area contributed by atoms with Crippen molar-refractivity contribution >= 4 is 17.5 Å². The van der Waals surface area contributed by atoms with Gasteiger partial charge in [-0.1, -0.05) is 42.5 Å². The van der Waals surface area contributed by atoms with Crippen LogP contribution in [0.2, 0.25) is 0 Å². The van der Waals surface area contributed by atoms with Crippen LogP contribution in [-0.2, 0) is 9.59 Å². The van der Waals surface area contributed by atoms with Gasteiger partial charge in [0, 0.05) is 5.69 Å². The highest BCUT2D eigenvalue weighted by atomic mass is 16.6. The topological polar surface area (TPSA) is 97.9 Å². The fraction of sp³-hybridized carbons (Fsp3) is 0.167. The van der Waals surface area contributed by atoms with Crippen molar-refractivity contribution in [2.45, 2.75) is 12.1 Å². The Morgan fingerprint density at radius 1 is 0.938 bits per heavy atom. The van der Waals surface area contributed by atoms with Crippen molar-refractivity contribution in [1.82, 2.24) is 10.9 Å². The van der Waals surface area contributed by atoms with Crippen molar-refractivity contribution < 1.29 is 23.8 Å². The summed E-state index contributed by atoms with van der Waals surface area (Å²) in [7, 11) is 1.57. The highest BCUT2D eigenvalue weighted by Crippen LogP contribution is 2.30. The third-order valence-electron chi connectivity index (χ3n) is 4.89. The maximum Gasteiger partial charge on any atom is 0.278 e. The van der Waals surface area contributed by atoms with Crippen LogP contribution >= 0.6 is 0 Å². The first-order chi connectivity index (χ1) is 15.6. The molecule has 164 valence electrons. The Hall–Kier alpha value is -4.04. The van der Waals surface area contributed by atoms with Crippen molar-refractivity contribution in [2.75, 3.05) is 19.0 Å². The summed E-state index contributed by atoms with van der Waals surface area (Å²) < 4.78 is 16.5. The molecule has 2 atom stereocenters. The number of hydrogen-bond donors (Lipinski definition) is 3. The summed E-state index contributed by atoms with van der Waals surface area (Å²) in [5.41, 5.74) is 6.71. The molecule has 2 amide bonds. The smallest absolute Gasteiger partial charge is 0.278 e. The van der Waals surface area contributed by atoms with E-state index in [0.29, 0.717) is 28.5 Å². The summed E-state index contributed by atoms with van der Waals surface area (Å²) >= 11 is 0. The van der Waals surface area contributed by atoms with E-state index < -0.39 is 18.1 Å². The first kappa shape index (κ1) is 21.2. The number of para-hydroxylation sites is 2. The molecule has 8 nitrogen and oxygen atoms in total. The predicted molar refractivity (Wildman–Crippen MR) is 118 cm³/mol. The Labute approximate surface area is 185 Å². The van der Waals surface area contributed by atoms with E-state index >= 15 is 0 Å². The monoisotopic (exact) mass is 433 g/mol. The van der Waals surface area contributed by atoms with Gasteiger partial charge in [0.2, 0.25) is 12.0 Å². The molecule has 4 rings (SSSR count). The zero-order chi connectivity index (χ0) is 22.3. The number of methoxy groups -OCH3 is 1. The van der Waals surface area contributed by atoms with E-state index in [9.17, 15) is 9.59 Å². The van der Waals surface area contributed by atoms with E-state index in [-0.39, 0.29) is 12.5 Å². The Balaban J connectivity index is 1.43. The summed E-state index contributed by atoms with van der Waals surface area (Å²) in [6.07, 6.45) is -0.849. The number of carbonyl (C=O) groups excluding carboxylic acids is 2. The second-order valence-electron chi connectivity index (χ2n) is 7.06. The molecular formula is C24H23N3O5. The van der Waals surface area contributed by atoms with Gasteiger partial charge < -0.3 is 19.5 Å². The summed E-state index contributed by atoms with van der Waals surface area (Å²) in [4.78, 5) is 25.7. The molecule has 0 saturated heterocycles. The predicted octanol–water partition coefficient (Wildman–Crippen LogP) is 2.84. The molecule has 1 aliphatic heterocycles. The maximum absolute atomic E-state index is 13.0. The summed E-state index contributed by atoms with van der Waals surface area (Å²) in [5, 5.41) is 2.84. The Morgan fingerprint density at radius 2 is 1.62 bits per heavy atom. The second kappa shape index (κ2) is 9.84. The summed E-state index contributed by atoms with van der Waals surface area (Å²) in [6, 6.07) is 22.4. The lowest BCUT2D eigenvalue weighted by molar-refractivity contribution is -0.132. The third kappa shape index (κ3) is 4.98. The Bertz CT molecular complexity index is 1070. The number of ether oxygens (including phenoxy) is 3. The molecular weight excluding hydrogens is 410 g/mol. The minimum Gasteiger partial charge on any atom is -0.497 e. The fourth-order valence-corrected chi connectivity index (χ4v) is 3.21. The average molecular weight is 433 g/mol. The quantitative estimate of drug-likeness (QED) is 0.496. The lowest BCUT2D eigenvalue weighted by atomic mass is 10.1. The number of nitrogens with one attached hydrogen (secondary N) is 3. The van der Waals surface area contributed by atoms with Gasteiger partial charge in [-0.2, -0.15) is 0 Å². The zero-order valence-electron chi connectivity index (χ0n) is 17.4. The van der Waals surface area contributed by atoms with Gasteiger partial charge in [-0.3, -0.25) is 15.0 Å². The zero-order valence-corrected chi connectivity index (χ0v) is 17.4. The van der Waals surface area contributed by atoms with Crippen LogP contribution in [0.25, 0.3) is 0 Å². The summed E-state index contributed by atoms with van der Waals surface area (Å²) in [5.74, 6) is 0.982. The first-order valence-corrected chi connectivity index (χ1v) is 10.1. The van der Waals surface area contributed by atoms with Gasteiger partial charge in [0.1, 0.15) is 18.4 Å². The number of benzene rings is 3. The highest BCUT2D eigenvalue weighted by Gasteiger charge is 2.29. The molecule has 0 aliphatic carbocycles. The molecule has 0 unspecified atom stereocenters. The van der Waals surface area contributed by atoms with Gasteiger partial charge in [0.15, 0.2) is 11.5 Å². The van der Waals surface area contributed by atoms with E-state index in [1.807, 2.05) is 24.3 Å². The van der Waals surface area contributed by atoms with Crippen molar-refractivity contribution in [2.24, 2.45) is 0 Å². The standard InChI is InChI=1S/C24H23N3O5/c1-30-18-13-11-17(12-14-18)25-24(29)22(16-7-3-2-4-8-16)26-27-23(28)21-15-31-19-9-5-6-10-20(19)32-21/h2-14,21-22,26H,15H2,1H3,(H,25,29)(H,27,28)/t21-,22+/m1/s1. The van der Waals surface area contributed by atoms with Crippen molar-refractivity contribution in [1.29, 1.82) is 0 Å². The SMILES string of the molecule is COc1ccc(NC(=O)[C@@H](NNC(=O)[C@H]2COc3ccccc3O2)c2ccccc2)cc1. The largest absolute Gasteiger partial charge is 0.497 e. The normalized spacial score (nSPS) is 15.3. The molecule has 3 aromatic rings. The lowest BCUT2D eigenvalue weighted by Gasteiger charge is -2.26. The van der Waals surface area contributed by atoms with Gasteiger partial charge in [-0.15, -0.1) is 0 Å². The first-order valence-electron chi connectivity index (χ1n) is 10.1. The molecule has 0 radical (unpaired) electrons. The number of rotatable bonds is 7. The van der Waals surface area contributed by atoms with Crippen LogP contribution in [0.5, 0.6) is 17.2 Å². The minimum absolute atomic E-state index is 0.0680. The van der Waals surface area contributed by atoms with Crippen LogP contribution in [0, 0.1) is 0 Å². The van der Waals surface area contributed by atoms with E-state index in [2.05, 4.69) is 16.2 Å². The number of carbonyl (C=O) groups is 2. The Morgan fingerprint density at radius 3 is 2.34 bits per heavy atom. The second-order valence-corrected chi connectivity index (χ2v) is 7.06. The summed E-state index contributed by atoms with van der Waals surface area (Å²) in [6.45, 7) is 0.0680. The van der Waals surface area contributed by atoms with Crippen LogP contribution in [0.4, 0.5) is 5.69 Å². The van der Waals surface area contributed by atoms with Crippen LogP contribution in [-0.4, -0.2) is 31.6 Å². The number of hydrazine groups is 1. The van der Waals surface area contributed by atoms with Gasteiger partial charge in [-0.25, -0.2) is 5.43 Å². The van der Waals surface area contributed by atoms with Gasteiger partial charge in [-0.05, 0) is 42.0 Å². The third-order valence-corrected chi connectivity index (χ3v) is 4.89. The van der Waals surface area contributed by atoms with Crippen molar-refractivity contribution in [3.05, 3.63) is 84.4 Å². The van der Waals surface area contributed by atoms with E-state index in [1.54, 1.807) is 61.7 Å². The Kier molecular flexibility index (Phi) is 6.52. The lowest BCUT2D eigenvalue weighted by Crippen LogP contribution is -2.51. The van der Waals surface area contributed by atoms with Crippen molar-refractivity contribution in [3.8, 4) is 17.2 Å². The minimum atomic E-state index is -0.849. The number of hydrogen-bond acceptors (Lipinski definition) is 6. The van der Waals surface area contributed by atoms with E-state index in [1.165, 1.54) is 0 Å². The molecule has 0 fully saturated rings. The molecule has 0 saturated carbocycles. The molecule has 3 aromatic carbocycles. The van der Waals surface area contributed by atoms with Gasteiger partial charge in [0.25, 0.3) is 5.91 Å². The number of amides is 2. The van der Waals surface area contributed by atoms with E-state index in [4.69, 9.17) is 14.2 Å². The molecule has 32 heavy (non-hydrogen) atoms. The average Bonchev–Trinajstić information content (AvgIpc) is 2.85. The highest BCUT2D eigenvalue weighted by molar-refractivity contribution is 5.96. The van der Waals surface area contributed by atoms with Crippen LogP contribution in [0.1, 0.15) is 11.6 Å². The number of anilines is 1. The van der Waals surface area contributed by atoms with E-state index in [0.717, 1.165) is 0 Å². The maximum atomic E-state index is 13.0. The molecule has 0 aromatic heterocycles. The van der Waals surface area contributed by atoms with Crippen LogP contribution in [0.15, 0.2) is 78.9 Å². The molecule has 1 aliphatic rings. The molecule has 0 spiro atoms. The van der Waals surface area contributed by atoms with Gasteiger partial charge >= 0.3 is 0 Å². The van der Waals surface area contributed by atoms with Crippen LogP contribution < -0.4 is 30.4 Å². The van der Waals surface area contributed by atoms with Crippen molar-refractivity contribution in [3.63, 3.8) is 0 Å². The number of fused-ring (bicyclic) bond motifs is 1. The van der Waals surface area contributed by atoms with Crippen LogP contribution in [0.3, 0.4) is 0 Å². The molecule has 1 heterocycles. The molecule has 0 bridgehead atoms. The van der Waals surface area contributed by atoms with Gasteiger partial charge in [0.05, 0.1) is 7.11 Å². The molecule has 8 heteroatoms. The molecule has 3 N–H and O–H groups in total. The fourth-order valence-electron chi connectivity index (χ4n) is 3.21.